The molecule has 2 saturated heterocycles. The summed E-state index contributed by atoms with van der Waals surface area (Å²) in [5, 5.41) is 3.76. The van der Waals surface area contributed by atoms with Gasteiger partial charge < -0.3 is 15.1 Å². The first-order chi connectivity index (χ1) is 15.1. The van der Waals surface area contributed by atoms with Crippen LogP contribution in [-0.2, 0) is 11.3 Å². The van der Waals surface area contributed by atoms with Crippen LogP contribution in [0, 0.1) is 0 Å². The number of benzene rings is 2. The number of likely N-dealkylation sites (tertiary alicyclic amines) is 1. The van der Waals surface area contributed by atoms with Crippen LogP contribution in [0.2, 0.25) is 5.02 Å². The number of amides is 2. The highest BCUT2D eigenvalue weighted by molar-refractivity contribution is 6.33. The normalized spacial score (nSPS) is 17.1. The standard InChI is InChI=1S/C24H29ClN4O2/c25-21-5-1-2-6-22(21)28-15-13-27(14-16-28)18-23(30)26-17-19-7-9-20(10-8-19)24(31)29-11-3-4-12-29/h1-2,5-10H,3-4,11-18H2,(H,26,30). The number of para-hydroxylation sites is 1. The number of carbonyl (C=O) groups is 2. The number of anilines is 1. The van der Waals surface area contributed by atoms with E-state index < -0.39 is 0 Å². The van der Waals surface area contributed by atoms with E-state index >= 15 is 0 Å². The minimum absolute atomic E-state index is 0.0170. The summed E-state index contributed by atoms with van der Waals surface area (Å²) in [5.74, 6) is 0.118. The van der Waals surface area contributed by atoms with Crippen molar-refractivity contribution in [1.82, 2.24) is 15.1 Å². The third-order valence-corrected chi connectivity index (χ3v) is 6.34. The van der Waals surface area contributed by atoms with Gasteiger partial charge in [-0.1, -0.05) is 35.9 Å². The topological polar surface area (TPSA) is 55.9 Å². The van der Waals surface area contributed by atoms with E-state index in [-0.39, 0.29) is 11.8 Å². The number of carbonyl (C=O) groups excluding carboxylic acids is 2. The molecule has 2 aromatic carbocycles. The zero-order valence-corrected chi connectivity index (χ0v) is 18.5. The molecule has 0 aliphatic carbocycles. The number of nitrogens with zero attached hydrogens (tertiary/aromatic N) is 3. The largest absolute Gasteiger partial charge is 0.368 e. The summed E-state index contributed by atoms with van der Waals surface area (Å²) in [6.07, 6.45) is 2.18. The van der Waals surface area contributed by atoms with Crippen molar-refractivity contribution < 1.29 is 9.59 Å². The average Bonchev–Trinajstić information content (AvgIpc) is 3.34. The van der Waals surface area contributed by atoms with Crippen LogP contribution in [0.25, 0.3) is 0 Å². The molecule has 164 valence electrons. The summed E-state index contributed by atoms with van der Waals surface area (Å²) in [6.45, 7) is 5.91. The molecule has 0 radical (unpaired) electrons. The fourth-order valence-electron chi connectivity index (χ4n) is 4.18. The number of halogens is 1. The number of nitrogens with one attached hydrogen (secondary N) is 1. The van der Waals surface area contributed by atoms with Gasteiger partial charge in [-0.05, 0) is 42.7 Å². The van der Waals surface area contributed by atoms with Gasteiger partial charge in [-0.2, -0.15) is 0 Å². The van der Waals surface area contributed by atoms with Gasteiger partial charge in [0, 0.05) is 51.4 Å². The maximum absolute atomic E-state index is 12.4. The van der Waals surface area contributed by atoms with Gasteiger partial charge in [0.15, 0.2) is 0 Å². The quantitative estimate of drug-likeness (QED) is 0.750. The highest BCUT2D eigenvalue weighted by Crippen LogP contribution is 2.25. The second kappa shape index (κ2) is 10.2. The van der Waals surface area contributed by atoms with Crippen LogP contribution < -0.4 is 10.2 Å². The first-order valence-electron chi connectivity index (χ1n) is 11.0. The van der Waals surface area contributed by atoms with E-state index in [9.17, 15) is 9.59 Å². The van der Waals surface area contributed by atoms with E-state index in [1.165, 1.54) is 0 Å². The van der Waals surface area contributed by atoms with Gasteiger partial charge in [-0.25, -0.2) is 0 Å². The van der Waals surface area contributed by atoms with Crippen LogP contribution in [0.1, 0.15) is 28.8 Å². The van der Waals surface area contributed by atoms with Gasteiger partial charge in [0.1, 0.15) is 0 Å². The van der Waals surface area contributed by atoms with Gasteiger partial charge in [0.2, 0.25) is 5.91 Å². The van der Waals surface area contributed by atoms with Crippen LogP contribution in [0.5, 0.6) is 0 Å². The molecule has 2 amide bonds. The van der Waals surface area contributed by atoms with Crippen molar-refractivity contribution >= 4 is 29.1 Å². The smallest absolute Gasteiger partial charge is 0.253 e. The van der Waals surface area contributed by atoms with Gasteiger partial charge in [-0.3, -0.25) is 14.5 Å². The molecule has 2 fully saturated rings. The van der Waals surface area contributed by atoms with Crippen molar-refractivity contribution in [2.24, 2.45) is 0 Å². The summed E-state index contributed by atoms with van der Waals surface area (Å²) < 4.78 is 0. The Morgan fingerprint density at radius 2 is 1.55 bits per heavy atom. The fraction of sp³-hybridized carbons (Fsp3) is 0.417. The van der Waals surface area contributed by atoms with Gasteiger partial charge in [0.05, 0.1) is 17.3 Å². The molecule has 0 unspecified atom stereocenters. The van der Waals surface area contributed by atoms with Crippen molar-refractivity contribution in [1.29, 1.82) is 0 Å². The fourth-order valence-corrected chi connectivity index (χ4v) is 4.44. The van der Waals surface area contributed by atoms with E-state index in [2.05, 4.69) is 15.1 Å². The molecular formula is C24H29ClN4O2. The molecule has 2 aliphatic heterocycles. The SMILES string of the molecule is O=C(CN1CCN(c2ccccc2Cl)CC1)NCc1ccc(C(=O)N2CCCC2)cc1. The Morgan fingerprint density at radius 3 is 2.23 bits per heavy atom. The van der Waals surface area contributed by atoms with Crippen molar-refractivity contribution in [2.45, 2.75) is 19.4 Å². The first kappa shape index (κ1) is 21.7. The Bertz CT molecular complexity index is 904. The van der Waals surface area contributed by atoms with Crippen LogP contribution in [0.15, 0.2) is 48.5 Å². The Morgan fingerprint density at radius 1 is 0.871 bits per heavy atom. The number of hydrogen-bond acceptors (Lipinski definition) is 4. The van der Waals surface area contributed by atoms with Crippen molar-refractivity contribution in [2.75, 3.05) is 50.7 Å². The van der Waals surface area contributed by atoms with Crippen LogP contribution >= 0.6 is 11.6 Å². The summed E-state index contributed by atoms with van der Waals surface area (Å²) >= 11 is 6.30. The summed E-state index contributed by atoms with van der Waals surface area (Å²) in [6, 6.07) is 15.4. The summed E-state index contributed by atoms with van der Waals surface area (Å²) in [7, 11) is 0. The maximum Gasteiger partial charge on any atom is 0.253 e. The van der Waals surface area contributed by atoms with Crippen LogP contribution in [0.4, 0.5) is 5.69 Å². The molecule has 1 N–H and O–H groups in total. The third-order valence-electron chi connectivity index (χ3n) is 6.02. The lowest BCUT2D eigenvalue weighted by Gasteiger charge is -2.36. The molecular weight excluding hydrogens is 412 g/mol. The molecule has 4 rings (SSSR count). The lowest BCUT2D eigenvalue weighted by Crippen LogP contribution is -2.49. The second-order valence-corrected chi connectivity index (χ2v) is 8.59. The van der Waals surface area contributed by atoms with Crippen molar-refractivity contribution in [3.8, 4) is 0 Å². The number of hydrogen-bond donors (Lipinski definition) is 1. The molecule has 0 saturated carbocycles. The predicted molar refractivity (Wildman–Crippen MR) is 124 cm³/mol. The molecule has 2 aliphatic rings. The van der Waals surface area contributed by atoms with Crippen molar-refractivity contribution in [3.63, 3.8) is 0 Å². The maximum atomic E-state index is 12.4. The molecule has 2 heterocycles. The highest BCUT2D eigenvalue weighted by atomic mass is 35.5. The van der Waals surface area contributed by atoms with Crippen LogP contribution in [0.3, 0.4) is 0 Å². The van der Waals surface area contributed by atoms with Gasteiger partial charge >= 0.3 is 0 Å². The Kier molecular flexibility index (Phi) is 7.10. The monoisotopic (exact) mass is 440 g/mol. The minimum Gasteiger partial charge on any atom is -0.368 e. The molecule has 2 aromatic rings. The van der Waals surface area contributed by atoms with Gasteiger partial charge in [0.25, 0.3) is 5.91 Å². The molecule has 0 spiro atoms. The van der Waals surface area contributed by atoms with E-state index in [1.807, 2.05) is 53.4 Å². The van der Waals surface area contributed by atoms with E-state index in [0.29, 0.717) is 18.7 Å². The van der Waals surface area contributed by atoms with E-state index in [1.54, 1.807) is 0 Å². The lowest BCUT2D eigenvalue weighted by atomic mass is 10.1. The van der Waals surface area contributed by atoms with Gasteiger partial charge in [-0.15, -0.1) is 0 Å². The first-order valence-corrected chi connectivity index (χ1v) is 11.3. The Labute approximate surface area is 188 Å². The second-order valence-electron chi connectivity index (χ2n) is 8.19. The molecule has 0 bridgehead atoms. The highest BCUT2D eigenvalue weighted by Gasteiger charge is 2.21. The molecule has 7 heteroatoms. The Balaban J connectivity index is 1.20. The molecule has 31 heavy (non-hydrogen) atoms. The number of piperazine rings is 1. The minimum atomic E-state index is 0.0170. The van der Waals surface area contributed by atoms with E-state index in [4.69, 9.17) is 11.6 Å². The third kappa shape index (κ3) is 5.57. The average molecular weight is 441 g/mol. The van der Waals surface area contributed by atoms with Crippen LogP contribution in [-0.4, -0.2) is 67.4 Å². The summed E-state index contributed by atoms with van der Waals surface area (Å²) in [5.41, 5.74) is 2.77. The lowest BCUT2D eigenvalue weighted by molar-refractivity contribution is -0.122. The molecule has 6 nitrogen and oxygen atoms in total. The molecule has 0 atom stereocenters. The van der Waals surface area contributed by atoms with E-state index in [0.717, 1.165) is 68.4 Å². The summed E-state index contributed by atoms with van der Waals surface area (Å²) in [4.78, 5) is 31.1. The predicted octanol–water partition coefficient (Wildman–Crippen LogP) is 3.01. The zero-order chi connectivity index (χ0) is 21.6. The zero-order valence-electron chi connectivity index (χ0n) is 17.7. The molecule has 0 aromatic heterocycles. The Hall–Kier alpha value is -2.57. The van der Waals surface area contributed by atoms with Crippen molar-refractivity contribution in [3.05, 3.63) is 64.7 Å². The number of rotatable bonds is 6.